The predicted octanol–water partition coefficient (Wildman–Crippen LogP) is 3.30. The molecular weight excluding hydrogens is 300 g/mol. The van der Waals surface area contributed by atoms with Crippen molar-refractivity contribution in [3.63, 3.8) is 0 Å². The van der Waals surface area contributed by atoms with Gasteiger partial charge in [-0.3, -0.25) is 4.79 Å². The van der Waals surface area contributed by atoms with Crippen molar-refractivity contribution in [3.05, 3.63) is 65.4 Å². The molecule has 1 aliphatic heterocycles. The van der Waals surface area contributed by atoms with Crippen LogP contribution in [0.1, 0.15) is 16.7 Å². The fraction of sp³-hybridized carbons (Fsp3) is 0.250. The standard InChI is InChI=1S/C20H20N2O2/c1-24-17-6-7-19-18(11-17)16(12-21-19)10-20(23)22-9-8-14-4-2-3-5-15(14)13-22/h2-7,11-12,21H,8-10,13H2,1H3. The van der Waals surface area contributed by atoms with E-state index in [1.165, 1.54) is 11.1 Å². The number of aromatic nitrogens is 1. The number of ether oxygens (including phenoxy) is 1. The van der Waals surface area contributed by atoms with Gasteiger partial charge in [-0.15, -0.1) is 0 Å². The van der Waals surface area contributed by atoms with Crippen LogP contribution in [-0.2, 0) is 24.2 Å². The van der Waals surface area contributed by atoms with Crippen molar-refractivity contribution >= 4 is 16.8 Å². The molecule has 1 N–H and O–H groups in total. The van der Waals surface area contributed by atoms with Crippen LogP contribution in [0.2, 0.25) is 0 Å². The summed E-state index contributed by atoms with van der Waals surface area (Å²) in [4.78, 5) is 18.0. The van der Waals surface area contributed by atoms with Crippen LogP contribution in [0.15, 0.2) is 48.7 Å². The number of nitrogens with one attached hydrogen (secondary N) is 1. The molecule has 3 aromatic rings. The van der Waals surface area contributed by atoms with Gasteiger partial charge in [-0.2, -0.15) is 0 Å². The minimum absolute atomic E-state index is 0.174. The fourth-order valence-electron chi connectivity index (χ4n) is 3.41. The van der Waals surface area contributed by atoms with Crippen LogP contribution in [0.3, 0.4) is 0 Å². The van der Waals surface area contributed by atoms with Gasteiger partial charge in [0.05, 0.1) is 13.5 Å². The minimum Gasteiger partial charge on any atom is -0.497 e. The molecule has 0 unspecified atom stereocenters. The molecular formula is C20H20N2O2. The van der Waals surface area contributed by atoms with E-state index < -0.39 is 0 Å². The summed E-state index contributed by atoms with van der Waals surface area (Å²) in [5, 5.41) is 1.06. The van der Waals surface area contributed by atoms with Crippen molar-refractivity contribution < 1.29 is 9.53 Å². The molecule has 4 rings (SSSR count). The smallest absolute Gasteiger partial charge is 0.227 e. The van der Waals surface area contributed by atoms with Crippen molar-refractivity contribution in [1.82, 2.24) is 9.88 Å². The number of rotatable bonds is 3. The van der Waals surface area contributed by atoms with E-state index in [0.29, 0.717) is 13.0 Å². The predicted molar refractivity (Wildman–Crippen MR) is 94.1 cm³/mol. The van der Waals surface area contributed by atoms with Gasteiger partial charge in [-0.25, -0.2) is 0 Å². The van der Waals surface area contributed by atoms with Gasteiger partial charge in [0.15, 0.2) is 0 Å². The van der Waals surface area contributed by atoms with Gasteiger partial charge in [0.1, 0.15) is 5.75 Å². The quantitative estimate of drug-likeness (QED) is 0.805. The Balaban J connectivity index is 1.55. The van der Waals surface area contributed by atoms with Gasteiger partial charge in [0.25, 0.3) is 0 Å². The average molecular weight is 320 g/mol. The highest BCUT2D eigenvalue weighted by atomic mass is 16.5. The molecule has 0 fully saturated rings. The lowest BCUT2D eigenvalue weighted by Crippen LogP contribution is -2.36. The van der Waals surface area contributed by atoms with Gasteiger partial charge in [0.2, 0.25) is 5.91 Å². The van der Waals surface area contributed by atoms with Crippen LogP contribution < -0.4 is 4.74 Å². The number of fused-ring (bicyclic) bond motifs is 2. The Morgan fingerprint density at radius 1 is 1.21 bits per heavy atom. The van der Waals surface area contributed by atoms with E-state index >= 15 is 0 Å². The first-order valence-corrected chi connectivity index (χ1v) is 8.23. The molecule has 4 heteroatoms. The summed E-state index contributed by atoms with van der Waals surface area (Å²) in [6.07, 6.45) is 3.28. The SMILES string of the molecule is COc1ccc2[nH]cc(CC(=O)N3CCc4ccccc4C3)c2c1. The molecule has 0 saturated heterocycles. The molecule has 24 heavy (non-hydrogen) atoms. The molecule has 1 amide bonds. The fourth-order valence-corrected chi connectivity index (χ4v) is 3.41. The highest BCUT2D eigenvalue weighted by Gasteiger charge is 2.21. The number of hydrogen-bond donors (Lipinski definition) is 1. The van der Waals surface area contributed by atoms with Crippen LogP contribution in [0.4, 0.5) is 0 Å². The maximum atomic E-state index is 12.8. The maximum absolute atomic E-state index is 12.8. The molecule has 122 valence electrons. The van der Waals surface area contributed by atoms with Gasteiger partial charge in [0, 0.05) is 30.2 Å². The zero-order valence-corrected chi connectivity index (χ0v) is 13.7. The molecule has 0 bridgehead atoms. The van der Waals surface area contributed by atoms with Gasteiger partial charge in [-0.05, 0) is 41.3 Å². The number of methoxy groups -OCH3 is 1. The third-order valence-corrected chi connectivity index (χ3v) is 4.80. The lowest BCUT2D eigenvalue weighted by atomic mass is 9.99. The zero-order chi connectivity index (χ0) is 16.5. The minimum atomic E-state index is 0.174. The zero-order valence-electron chi connectivity index (χ0n) is 13.7. The van der Waals surface area contributed by atoms with Crippen LogP contribution in [0.5, 0.6) is 5.75 Å². The highest BCUT2D eigenvalue weighted by molar-refractivity contribution is 5.89. The Hall–Kier alpha value is -2.75. The monoisotopic (exact) mass is 320 g/mol. The highest BCUT2D eigenvalue weighted by Crippen LogP contribution is 2.25. The summed E-state index contributed by atoms with van der Waals surface area (Å²) in [7, 11) is 1.66. The number of hydrogen-bond acceptors (Lipinski definition) is 2. The van der Waals surface area contributed by atoms with Crippen LogP contribution in [-0.4, -0.2) is 29.4 Å². The Bertz CT molecular complexity index is 898. The molecule has 1 aromatic heterocycles. The summed E-state index contributed by atoms with van der Waals surface area (Å²) in [6.45, 7) is 1.50. The van der Waals surface area contributed by atoms with Gasteiger partial charge < -0.3 is 14.6 Å². The Morgan fingerprint density at radius 3 is 2.88 bits per heavy atom. The first-order valence-electron chi connectivity index (χ1n) is 8.23. The lowest BCUT2D eigenvalue weighted by molar-refractivity contribution is -0.131. The van der Waals surface area contributed by atoms with Crippen molar-refractivity contribution in [1.29, 1.82) is 0 Å². The summed E-state index contributed by atoms with van der Waals surface area (Å²) in [5.41, 5.74) is 4.67. The second-order valence-corrected chi connectivity index (χ2v) is 6.24. The number of H-pyrrole nitrogens is 1. The topological polar surface area (TPSA) is 45.3 Å². The number of benzene rings is 2. The van der Waals surface area contributed by atoms with Crippen LogP contribution in [0, 0.1) is 0 Å². The molecule has 0 spiro atoms. The first kappa shape index (κ1) is 14.8. The number of amides is 1. The van der Waals surface area contributed by atoms with E-state index in [1.54, 1.807) is 7.11 Å². The van der Waals surface area contributed by atoms with E-state index in [4.69, 9.17) is 4.74 Å². The third-order valence-electron chi connectivity index (χ3n) is 4.80. The summed E-state index contributed by atoms with van der Waals surface area (Å²) >= 11 is 0. The molecule has 0 saturated carbocycles. The van der Waals surface area contributed by atoms with Crippen LogP contribution in [0.25, 0.3) is 10.9 Å². The van der Waals surface area contributed by atoms with E-state index in [1.807, 2.05) is 35.4 Å². The number of nitrogens with zero attached hydrogens (tertiary/aromatic N) is 1. The molecule has 1 aliphatic rings. The normalized spacial score (nSPS) is 13.8. The number of carbonyl (C=O) groups is 1. The molecule has 2 aromatic carbocycles. The van der Waals surface area contributed by atoms with Gasteiger partial charge >= 0.3 is 0 Å². The van der Waals surface area contributed by atoms with E-state index in [2.05, 4.69) is 23.2 Å². The largest absolute Gasteiger partial charge is 0.497 e. The molecule has 2 heterocycles. The van der Waals surface area contributed by atoms with Crippen molar-refractivity contribution in [3.8, 4) is 5.75 Å². The van der Waals surface area contributed by atoms with Gasteiger partial charge in [-0.1, -0.05) is 24.3 Å². The van der Waals surface area contributed by atoms with Crippen molar-refractivity contribution in [2.24, 2.45) is 0 Å². The molecule has 0 radical (unpaired) electrons. The second-order valence-electron chi connectivity index (χ2n) is 6.24. The summed E-state index contributed by atoms with van der Waals surface area (Å²) < 4.78 is 5.30. The first-order chi connectivity index (χ1) is 11.7. The Kier molecular flexibility index (Phi) is 3.73. The number of aromatic amines is 1. The summed E-state index contributed by atoms with van der Waals surface area (Å²) in [6, 6.07) is 14.3. The third kappa shape index (κ3) is 2.64. The van der Waals surface area contributed by atoms with Crippen molar-refractivity contribution in [2.45, 2.75) is 19.4 Å². The Morgan fingerprint density at radius 2 is 2.04 bits per heavy atom. The summed E-state index contributed by atoms with van der Waals surface area (Å²) in [5.74, 6) is 0.982. The van der Waals surface area contributed by atoms with Crippen LogP contribution >= 0.6 is 0 Å². The average Bonchev–Trinajstić information content (AvgIpc) is 3.03. The Labute approximate surface area is 141 Å². The second kappa shape index (κ2) is 6.04. The molecule has 0 aliphatic carbocycles. The van der Waals surface area contributed by atoms with Crippen molar-refractivity contribution in [2.75, 3.05) is 13.7 Å². The lowest BCUT2D eigenvalue weighted by Gasteiger charge is -2.29. The maximum Gasteiger partial charge on any atom is 0.227 e. The van der Waals surface area contributed by atoms with E-state index in [-0.39, 0.29) is 5.91 Å². The molecule has 0 atom stereocenters. The molecule has 4 nitrogen and oxygen atoms in total. The van der Waals surface area contributed by atoms with E-state index in [9.17, 15) is 4.79 Å². The van der Waals surface area contributed by atoms with E-state index in [0.717, 1.165) is 35.2 Å². The number of carbonyl (C=O) groups excluding carboxylic acids is 1.